The van der Waals surface area contributed by atoms with Crippen LogP contribution in [0.5, 0.6) is 0 Å². The van der Waals surface area contributed by atoms with Crippen molar-refractivity contribution in [1.82, 2.24) is 10.2 Å². The van der Waals surface area contributed by atoms with E-state index in [4.69, 9.17) is 5.73 Å². The number of nitrogens with zero attached hydrogens (tertiary/aromatic N) is 1. The first kappa shape index (κ1) is 13.8. The van der Waals surface area contributed by atoms with Crippen molar-refractivity contribution < 1.29 is 4.79 Å². The summed E-state index contributed by atoms with van der Waals surface area (Å²) in [5.41, 5.74) is 5.94. The molecule has 1 amide bonds. The van der Waals surface area contributed by atoms with Crippen LogP contribution in [-0.4, -0.2) is 42.5 Å². The van der Waals surface area contributed by atoms with Gasteiger partial charge in [0.2, 0.25) is 5.91 Å². The Balaban J connectivity index is 1.84. The highest BCUT2D eigenvalue weighted by Gasteiger charge is 2.30. The molecule has 1 aliphatic heterocycles. The number of hydrogen-bond donors (Lipinski definition) is 2. The molecule has 1 unspecified atom stereocenters. The summed E-state index contributed by atoms with van der Waals surface area (Å²) in [4.78, 5) is 13.9. The lowest BCUT2D eigenvalue weighted by Crippen LogP contribution is -2.50. The van der Waals surface area contributed by atoms with Crippen LogP contribution in [0.25, 0.3) is 0 Å². The third-order valence-electron chi connectivity index (χ3n) is 4.23. The summed E-state index contributed by atoms with van der Waals surface area (Å²) >= 11 is 0. The van der Waals surface area contributed by atoms with E-state index in [1.807, 2.05) is 0 Å². The molecular weight excluding hydrogens is 226 g/mol. The number of carbonyl (C=O) groups is 1. The second-order valence-electron chi connectivity index (χ2n) is 6.71. The Bertz CT molecular complexity index is 299. The number of amides is 1. The van der Waals surface area contributed by atoms with Crippen molar-refractivity contribution in [2.75, 3.05) is 19.6 Å². The normalized spacial score (nSPS) is 26.6. The molecule has 0 aromatic heterocycles. The van der Waals surface area contributed by atoms with Crippen LogP contribution in [0.3, 0.4) is 0 Å². The maximum atomic E-state index is 11.5. The van der Waals surface area contributed by atoms with Gasteiger partial charge in [-0.2, -0.15) is 0 Å². The molecule has 1 saturated heterocycles. The van der Waals surface area contributed by atoms with Gasteiger partial charge in [-0.25, -0.2) is 0 Å². The number of hydrogen-bond acceptors (Lipinski definition) is 3. The SMILES string of the molecule is CC1(C)CCCN(CC(NC2CC2)C(N)=O)CC1. The largest absolute Gasteiger partial charge is 0.368 e. The van der Waals surface area contributed by atoms with Crippen LogP contribution in [0.4, 0.5) is 0 Å². The predicted molar refractivity (Wildman–Crippen MR) is 73.2 cm³/mol. The molecule has 104 valence electrons. The summed E-state index contributed by atoms with van der Waals surface area (Å²) in [6.45, 7) is 7.64. The fraction of sp³-hybridized carbons (Fsp3) is 0.929. The molecule has 2 fully saturated rings. The molecule has 0 aromatic carbocycles. The number of carbonyl (C=O) groups excluding carboxylic acids is 1. The van der Waals surface area contributed by atoms with Gasteiger partial charge < -0.3 is 16.0 Å². The van der Waals surface area contributed by atoms with Gasteiger partial charge in [0.25, 0.3) is 0 Å². The molecule has 0 bridgehead atoms. The molecular formula is C14H27N3O. The van der Waals surface area contributed by atoms with Crippen molar-refractivity contribution in [3.05, 3.63) is 0 Å². The predicted octanol–water partition coefficient (Wildman–Crippen LogP) is 1.10. The smallest absolute Gasteiger partial charge is 0.235 e. The molecule has 2 aliphatic rings. The average Bonchev–Trinajstić information content (AvgIpc) is 3.07. The summed E-state index contributed by atoms with van der Waals surface area (Å²) < 4.78 is 0. The quantitative estimate of drug-likeness (QED) is 0.771. The Kier molecular flexibility index (Phi) is 4.28. The number of nitrogens with one attached hydrogen (secondary N) is 1. The van der Waals surface area contributed by atoms with Crippen molar-refractivity contribution in [2.45, 2.75) is 58.0 Å². The van der Waals surface area contributed by atoms with Crippen LogP contribution in [0.15, 0.2) is 0 Å². The molecule has 4 heteroatoms. The highest BCUT2D eigenvalue weighted by molar-refractivity contribution is 5.80. The third-order valence-corrected chi connectivity index (χ3v) is 4.23. The van der Waals surface area contributed by atoms with E-state index < -0.39 is 0 Å². The second-order valence-corrected chi connectivity index (χ2v) is 6.71. The molecule has 1 heterocycles. The molecule has 2 rings (SSSR count). The first-order chi connectivity index (χ1) is 8.46. The average molecular weight is 253 g/mol. The monoisotopic (exact) mass is 253 g/mol. The molecule has 4 nitrogen and oxygen atoms in total. The fourth-order valence-corrected chi connectivity index (χ4v) is 2.68. The van der Waals surface area contributed by atoms with Gasteiger partial charge in [0.1, 0.15) is 0 Å². The van der Waals surface area contributed by atoms with Gasteiger partial charge in [-0.1, -0.05) is 13.8 Å². The molecule has 0 radical (unpaired) electrons. The molecule has 1 saturated carbocycles. The maximum Gasteiger partial charge on any atom is 0.235 e. The lowest BCUT2D eigenvalue weighted by atomic mass is 9.85. The molecule has 1 aliphatic carbocycles. The topological polar surface area (TPSA) is 58.4 Å². The zero-order valence-electron chi connectivity index (χ0n) is 11.7. The summed E-state index contributed by atoms with van der Waals surface area (Å²) in [6, 6.07) is 0.365. The van der Waals surface area contributed by atoms with Crippen LogP contribution in [0.1, 0.15) is 46.0 Å². The molecule has 0 spiro atoms. The van der Waals surface area contributed by atoms with E-state index >= 15 is 0 Å². The Labute approximate surface area is 110 Å². The highest BCUT2D eigenvalue weighted by atomic mass is 16.1. The highest BCUT2D eigenvalue weighted by Crippen LogP contribution is 2.29. The van der Waals surface area contributed by atoms with Crippen LogP contribution >= 0.6 is 0 Å². The van der Waals surface area contributed by atoms with Gasteiger partial charge >= 0.3 is 0 Å². The van der Waals surface area contributed by atoms with Gasteiger partial charge in [0.05, 0.1) is 6.04 Å². The van der Waals surface area contributed by atoms with Crippen molar-refractivity contribution in [1.29, 1.82) is 0 Å². The van der Waals surface area contributed by atoms with Crippen LogP contribution in [0.2, 0.25) is 0 Å². The fourth-order valence-electron chi connectivity index (χ4n) is 2.68. The molecule has 1 atom stereocenters. The minimum Gasteiger partial charge on any atom is -0.368 e. The second kappa shape index (κ2) is 5.57. The standard InChI is InChI=1S/C14H27N3O/c1-14(2)6-3-8-17(9-7-14)10-12(13(15)18)16-11-4-5-11/h11-12,16H,3-10H2,1-2H3,(H2,15,18). The van der Waals surface area contributed by atoms with Crippen molar-refractivity contribution >= 4 is 5.91 Å². The van der Waals surface area contributed by atoms with E-state index in [1.54, 1.807) is 0 Å². The van der Waals surface area contributed by atoms with Gasteiger partial charge in [0.15, 0.2) is 0 Å². The summed E-state index contributed by atoms with van der Waals surface area (Å²) in [6.07, 6.45) is 6.10. The van der Waals surface area contributed by atoms with E-state index in [0.717, 1.165) is 19.6 Å². The van der Waals surface area contributed by atoms with E-state index in [-0.39, 0.29) is 11.9 Å². The van der Waals surface area contributed by atoms with Crippen LogP contribution in [0, 0.1) is 5.41 Å². The van der Waals surface area contributed by atoms with Gasteiger partial charge in [-0.3, -0.25) is 4.79 Å². The van der Waals surface area contributed by atoms with E-state index in [0.29, 0.717) is 11.5 Å². The lowest BCUT2D eigenvalue weighted by molar-refractivity contribution is -0.120. The third kappa shape index (κ3) is 4.25. The maximum absolute atomic E-state index is 11.5. The zero-order chi connectivity index (χ0) is 13.2. The van der Waals surface area contributed by atoms with Crippen molar-refractivity contribution in [3.8, 4) is 0 Å². The Hall–Kier alpha value is -0.610. The molecule has 3 N–H and O–H groups in total. The first-order valence-electron chi connectivity index (χ1n) is 7.24. The Morgan fingerprint density at radius 2 is 2.11 bits per heavy atom. The summed E-state index contributed by atoms with van der Waals surface area (Å²) in [5, 5.41) is 3.36. The Morgan fingerprint density at radius 1 is 1.39 bits per heavy atom. The van der Waals surface area contributed by atoms with Crippen molar-refractivity contribution in [3.63, 3.8) is 0 Å². The van der Waals surface area contributed by atoms with E-state index in [1.165, 1.54) is 32.1 Å². The Morgan fingerprint density at radius 3 is 2.72 bits per heavy atom. The van der Waals surface area contributed by atoms with Crippen molar-refractivity contribution in [2.24, 2.45) is 11.1 Å². The van der Waals surface area contributed by atoms with Crippen LogP contribution < -0.4 is 11.1 Å². The summed E-state index contributed by atoms with van der Waals surface area (Å²) in [5.74, 6) is -0.203. The number of nitrogens with two attached hydrogens (primary N) is 1. The van der Waals surface area contributed by atoms with E-state index in [9.17, 15) is 4.79 Å². The molecule has 0 aromatic rings. The summed E-state index contributed by atoms with van der Waals surface area (Å²) in [7, 11) is 0. The van der Waals surface area contributed by atoms with Crippen LogP contribution in [-0.2, 0) is 4.79 Å². The first-order valence-corrected chi connectivity index (χ1v) is 7.24. The number of rotatable bonds is 5. The lowest BCUT2D eigenvalue weighted by Gasteiger charge is -2.26. The minimum absolute atomic E-state index is 0.168. The number of likely N-dealkylation sites (tertiary alicyclic amines) is 1. The van der Waals surface area contributed by atoms with Gasteiger partial charge in [0, 0.05) is 12.6 Å². The minimum atomic E-state index is -0.203. The van der Waals surface area contributed by atoms with E-state index in [2.05, 4.69) is 24.1 Å². The van der Waals surface area contributed by atoms with Gasteiger partial charge in [-0.05, 0) is 50.6 Å². The number of primary amides is 1. The zero-order valence-corrected chi connectivity index (χ0v) is 11.7. The van der Waals surface area contributed by atoms with Gasteiger partial charge in [-0.15, -0.1) is 0 Å². The molecule has 18 heavy (non-hydrogen) atoms.